The Morgan fingerprint density at radius 1 is 1.08 bits per heavy atom. The summed E-state index contributed by atoms with van der Waals surface area (Å²) < 4.78 is 15.9. The van der Waals surface area contributed by atoms with Gasteiger partial charge in [0.05, 0.1) is 34.7 Å². The maximum atomic E-state index is 12.6. The van der Waals surface area contributed by atoms with Crippen LogP contribution in [0.4, 0.5) is 0 Å². The van der Waals surface area contributed by atoms with Crippen LogP contribution >= 0.6 is 11.3 Å². The largest absolute Gasteiger partial charge is 0.391 e. The van der Waals surface area contributed by atoms with Gasteiger partial charge in [0.25, 0.3) is 0 Å². The van der Waals surface area contributed by atoms with E-state index in [0.29, 0.717) is 13.3 Å². The van der Waals surface area contributed by atoms with Gasteiger partial charge >= 0.3 is 4.87 Å². The fourth-order valence-corrected chi connectivity index (χ4v) is 5.71. The van der Waals surface area contributed by atoms with E-state index in [-0.39, 0.29) is 23.5 Å². The second-order valence-corrected chi connectivity index (χ2v) is 17.7. The van der Waals surface area contributed by atoms with Gasteiger partial charge in [0.1, 0.15) is 6.73 Å². The van der Waals surface area contributed by atoms with Gasteiger partial charge in [0, 0.05) is 24.9 Å². The first-order chi connectivity index (χ1) is 18.0. The topological polar surface area (TPSA) is 91.4 Å². The number of aromatic nitrogens is 4. The van der Waals surface area contributed by atoms with Gasteiger partial charge in [0.2, 0.25) is 0 Å². The number of hydrogen-bond acceptors (Lipinski definition) is 7. The third-order valence-corrected chi connectivity index (χ3v) is 9.17. The maximum absolute atomic E-state index is 12.6. The lowest BCUT2D eigenvalue weighted by Crippen LogP contribution is -2.23. The van der Waals surface area contributed by atoms with Crippen LogP contribution in [0.15, 0.2) is 53.6 Å². The number of fused-ring (bicyclic) bond motifs is 1. The summed E-state index contributed by atoms with van der Waals surface area (Å²) in [6.07, 6.45) is 3.03. The van der Waals surface area contributed by atoms with E-state index in [1.165, 1.54) is 11.3 Å². The first-order valence-electron chi connectivity index (χ1n) is 13.0. The number of benzene rings is 1. The quantitative estimate of drug-likeness (QED) is 0.182. The molecule has 4 aromatic rings. The van der Waals surface area contributed by atoms with Gasteiger partial charge in [0.15, 0.2) is 5.82 Å². The van der Waals surface area contributed by atoms with Gasteiger partial charge in [-0.1, -0.05) is 30.4 Å². The number of aliphatic hydroxyl groups is 1. The van der Waals surface area contributed by atoms with Crippen LogP contribution in [0, 0.1) is 0 Å². The predicted octanol–water partition coefficient (Wildman–Crippen LogP) is 5.57. The number of rotatable bonds is 12. The van der Waals surface area contributed by atoms with E-state index in [9.17, 15) is 9.90 Å². The minimum absolute atomic E-state index is 0.00203. The molecular formula is C28H38N4O4SSi-. The van der Waals surface area contributed by atoms with Crippen LogP contribution in [0.5, 0.6) is 0 Å². The fraction of sp³-hybridized carbons (Fsp3) is 0.464. The molecule has 0 spiro atoms. The van der Waals surface area contributed by atoms with Gasteiger partial charge < -0.3 is 14.6 Å². The van der Waals surface area contributed by atoms with Gasteiger partial charge in [-0.15, -0.1) is 14.1 Å². The van der Waals surface area contributed by atoms with E-state index in [1.807, 2.05) is 37.4 Å². The van der Waals surface area contributed by atoms with Crippen LogP contribution in [0.2, 0.25) is 25.7 Å². The Balaban J connectivity index is 1.44. The first kappa shape index (κ1) is 28.4. The third-order valence-electron chi connectivity index (χ3n) is 6.52. The van der Waals surface area contributed by atoms with Gasteiger partial charge in [-0.3, -0.25) is 9.36 Å². The minimum atomic E-state index is -1.17. The number of thiazole rings is 1. The Kier molecular flexibility index (Phi) is 8.99. The van der Waals surface area contributed by atoms with Crippen molar-refractivity contribution in [2.75, 3.05) is 13.2 Å². The highest BCUT2D eigenvalue weighted by Gasteiger charge is 2.16. The highest BCUT2D eigenvalue weighted by molar-refractivity contribution is 7.16. The zero-order chi connectivity index (χ0) is 27.4. The maximum Gasteiger partial charge on any atom is 0.310 e. The second-order valence-electron chi connectivity index (χ2n) is 11.1. The Morgan fingerprint density at radius 2 is 1.84 bits per heavy atom. The van der Waals surface area contributed by atoms with Crippen LogP contribution in [-0.2, 0) is 16.2 Å². The average molecular weight is 555 g/mol. The SMILES string of the molecule is CC(O)COC(C)c1ccc(-n2ccc(C(C)c3ccc4c(c3)sc(=O)n4COCC[Si-](C)(C)C)n2)nc1. The molecule has 0 aliphatic heterocycles. The van der Waals surface area contributed by atoms with E-state index in [4.69, 9.17) is 14.6 Å². The zero-order valence-corrected chi connectivity index (χ0v) is 24.9. The molecule has 1 aromatic carbocycles. The van der Waals surface area contributed by atoms with Crippen LogP contribution in [0.25, 0.3) is 16.0 Å². The molecule has 8 nitrogen and oxygen atoms in total. The number of hydrogen-bond donors (Lipinski definition) is 1. The van der Waals surface area contributed by atoms with Crippen molar-refractivity contribution >= 4 is 29.6 Å². The summed E-state index contributed by atoms with van der Waals surface area (Å²) in [5.74, 6) is 0.766. The summed E-state index contributed by atoms with van der Waals surface area (Å²) in [5, 5.41) is 14.2. The standard InChI is InChI=1S/C28H38N4O4SSi/c1-19(33)17-36-21(3)23-8-10-27(29-16-23)32-12-11-24(30-32)20(2)22-7-9-25-26(15-22)37-28(34)31(25)18-35-13-14-38(4,5)6/h7-12,15-16,19-21,33H,13-14,17-18H2,1-6H3/q-1. The van der Waals surface area contributed by atoms with Crippen molar-refractivity contribution < 1.29 is 14.6 Å². The molecule has 3 unspecified atom stereocenters. The van der Waals surface area contributed by atoms with E-state index in [0.717, 1.165) is 38.9 Å². The monoisotopic (exact) mass is 554 g/mol. The molecule has 1 N–H and O–H groups in total. The van der Waals surface area contributed by atoms with E-state index < -0.39 is 14.2 Å². The van der Waals surface area contributed by atoms with Gasteiger partial charge in [-0.2, -0.15) is 24.7 Å². The van der Waals surface area contributed by atoms with Crippen molar-refractivity contribution in [3.8, 4) is 5.82 Å². The molecule has 3 aromatic heterocycles. The third kappa shape index (κ3) is 7.06. The Hall–Kier alpha value is -2.63. The van der Waals surface area contributed by atoms with Crippen LogP contribution in [0.1, 0.15) is 49.6 Å². The summed E-state index contributed by atoms with van der Waals surface area (Å²) in [7, 11) is -1.17. The molecule has 0 aliphatic rings. The summed E-state index contributed by atoms with van der Waals surface area (Å²) in [6.45, 7) is 14.0. The smallest absolute Gasteiger partial charge is 0.310 e. The molecule has 0 aliphatic carbocycles. The fourth-order valence-electron chi connectivity index (χ4n) is 4.03. The van der Waals surface area contributed by atoms with E-state index >= 15 is 0 Å². The van der Waals surface area contributed by atoms with Crippen molar-refractivity contribution in [2.45, 2.75) is 71.3 Å². The van der Waals surface area contributed by atoms with Gasteiger partial charge in [-0.05, 0) is 49.2 Å². The molecule has 0 amide bonds. The Morgan fingerprint density at radius 3 is 2.53 bits per heavy atom. The number of nitrogens with zero attached hydrogens (tertiary/aromatic N) is 4. The van der Waals surface area contributed by atoms with Crippen molar-refractivity contribution in [1.29, 1.82) is 0 Å². The lowest BCUT2D eigenvalue weighted by Gasteiger charge is -2.26. The highest BCUT2D eigenvalue weighted by Crippen LogP contribution is 2.28. The number of ether oxygens (including phenoxy) is 2. The molecule has 3 heterocycles. The first-order valence-corrected chi connectivity index (χ1v) is 17.6. The molecule has 0 saturated carbocycles. The van der Waals surface area contributed by atoms with E-state index in [1.54, 1.807) is 22.4 Å². The van der Waals surface area contributed by atoms with Crippen molar-refractivity contribution in [2.24, 2.45) is 0 Å². The van der Waals surface area contributed by atoms with Crippen LogP contribution in [0.3, 0.4) is 0 Å². The summed E-state index contributed by atoms with van der Waals surface area (Å²) in [6, 6.07) is 13.1. The summed E-state index contributed by atoms with van der Waals surface area (Å²) in [4.78, 5) is 17.2. The Labute approximate surface area is 228 Å². The van der Waals surface area contributed by atoms with Crippen molar-refractivity contribution in [3.05, 3.63) is 75.3 Å². The van der Waals surface area contributed by atoms with Crippen molar-refractivity contribution in [3.63, 3.8) is 0 Å². The van der Waals surface area contributed by atoms with Crippen LogP contribution < -0.4 is 4.87 Å². The zero-order valence-electron chi connectivity index (χ0n) is 23.0. The normalized spacial score (nSPS) is 14.6. The molecule has 10 heteroatoms. The molecule has 0 radical (unpaired) electrons. The molecule has 0 saturated heterocycles. The highest BCUT2D eigenvalue weighted by atomic mass is 32.1. The summed E-state index contributed by atoms with van der Waals surface area (Å²) in [5.41, 5.74) is 3.87. The molecule has 0 fully saturated rings. The minimum Gasteiger partial charge on any atom is -0.391 e. The molecular weight excluding hydrogens is 516 g/mol. The lowest BCUT2D eigenvalue weighted by molar-refractivity contribution is 0.00436. The molecule has 205 valence electrons. The average Bonchev–Trinajstić information content (AvgIpc) is 3.48. The number of pyridine rings is 1. The van der Waals surface area contributed by atoms with Crippen LogP contribution in [-0.4, -0.2) is 51.8 Å². The van der Waals surface area contributed by atoms with Crippen molar-refractivity contribution in [1.82, 2.24) is 19.3 Å². The molecule has 3 atom stereocenters. The summed E-state index contributed by atoms with van der Waals surface area (Å²) >= 11 is 1.26. The van der Waals surface area contributed by atoms with Gasteiger partial charge in [-0.25, -0.2) is 9.67 Å². The molecule has 4 rings (SSSR count). The molecule has 0 bridgehead atoms. The number of aliphatic hydroxyl groups excluding tert-OH is 1. The lowest BCUT2D eigenvalue weighted by atomic mass is 9.98. The van der Waals surface area contributed by atoms with E-state index in [2.05, 4.69) is 43.7 Å². The predicted molar refractivity (Wildman–Crippen MR) is 155 cm³/mol. The Bertz CT molecular complexity index is 1400. The molecule has 38 heavy (non-hydrogen) atoms. The second kappa shape index (κ2) is 12.0.